The summed E-state index contributed by atoms with van der Waals surface area (Å²) in [6.07, 6.45) is 1.51. The Kier molecular flexibility index (Phi) is 7.15. The van der Waals surface area contributed by atoms with Crippen molar-refractivity contribution in [3.8, 4) is 11.5 Å². The van der Waals surface area contributed by atoms with Crippen LogP contribution in [0.2, 0.25) is 5.02 Å². The van der Waals surface area contributed by atoms with Crippen molar-refractivity contribution in [1.29, 1.82) is 0 Å². The van der Waals surface area contributed by atoms with Gasteiger partial charge >= 0.3 is 0 Å². The summed E-state index contributed by atoms with van der Waals surface area (Å²) in [5.41, 5.74) is 0.509. The smallest absolute Gasteiger partial charge is 0.294 e. The molecule has 0 N–H and O–H groups in total. The van der Waals surface area contributed by atoms with Gasteiger partial charge in [-0.2, -0.15) is 0 Å². The molecule has 3 amide bonds. The summed E-state index contributed by atoms with van der Waals surface area (Å²) in [5, 5.41) is -0.137. The third-order valence-electron chi connectivity index (χ3n) is 4.07. The van der Waals surface area contributed by atoms with Crippen LogP contribution in [0.1, 0.15) is 19.4 Å². The van der Waals surface area contributed by atoms with Crippen LogP contribution < -0.4 is 9.47 Å². The van der Waals surface area contributed by atoms with E-state index in [1.165, 1.54) is 20.3 Å². The van der Waals surface area contributed by atoms with E-state index in [1.54, 1.807) is 17.0 Å². The average Bonchev–Trinajstić information content (AvgIpc) is 2.91. The lowest BCUT2D eigenvalue weighted by molar-refractivity contribution is -0.135. The van der Waals surface area contributed by atoms with Crippen LogP contribution in [-0.2, 0) is 9.59 Å². The van der Waals surface area contributed by atoms with E-state index in [4.69, 9.17) is 21.1 Å². The van der Waals surface area contributed by atoms with Gasteiger partial charge in [0.05, 0.1) is 24.1 Å². The van der Waals surface area contributed by atoms with Crippen molar-refractivity contribution in [2.45, 2.75) is 13.8 Å². The van der Waals surface area contributed by atoms with Crippen molar-refractivity contribution in [3.63, 3.8) is 0 Å². The van der Waals surface area contributed by atoms with Crippen LogP contribution in [0.5, 0.6) is 11.5 Å². The fourth-order valence-corrected chi connectivity index (χ4v) is 3.61. The lowest BCUT2D eigenvalue weighted by Crippen LogP contribution is -2.41. The summed E-state index contributed by atoms with van der Waals surface area (Å²) in [6, 6.07) is 3.19. The molecule has 0 spiro atoms. The molecule has 2 rings (SSSR count). The van der Waals surface area contributed by atoms with Gasteiger partial charge in [-0.15, -0.1) is 0 Å². The quantitative estimate of drug-likeness (QED) is 0.640. The molecule has 27 heavy (non-hydrogen) atoms. The highest BCUT2D eigenvalue weighted by Gasteiger charge is 2.37. The van der Waals surface area contributed by atoms with Crippen LogP contribution in [0, 0.1) is 0 Å². The van der Waals surface area contributed by atoms with E-state index < -0.39 is 11.1 Å². The summed E-state index contributed by atoms with van der Waals surface area (Å²) < 4.78 is 10.4. The van der Waals surface area contributed by atoms with Crippen LogP contribution in [-0.4, -0.2) is 60.7 Å². The van der Waals surface area contributed by atoms with Crippen LogP contribution in [0.25, 0.3) is 6.08 Å². The van der Waals surface area contributed by atoms with Gasteiger partial charge in [0, 0.05) is 19.2 Å². The van der Waals surface area contributed by atoms with Crippen LogP contribution in [0.4, 0.5) is 4.79 Å². The number of benzene rings is 1. The number of hydrogen-bond donors (Lipinski definition) is 0. The molecule has 0 aromatic heterocycles. The molecule has 146 valence electrons. The number of amides is 3. The number of methoxy groups -OCH3 is 2. The predicted octanol–water partition coefficient (Wildman–Crippen LogP) is 3.26. The molecule has 0 radical (unpaired) electrons. The average molecular weight is 413 g/mol. The summed E-state index contributed by atoms with van der Waals surface area (Å²) in [4.78, 5) is 39.7. The van der Waals surface area contributed by atoms with Crippen LogP contribution >= 0.6 is 23.4 Å². The Morgan fingerprint density at radius 2 is 1.78 bits per heavy atom. The number of ether oxygens (including phenoxy) is 2. The van der Waals surface area contributed by atoms with Crippen molar-refractivity contribution >= 4 is 46.5 Å². The van der Waals surface area contributed by atoms with Gasteiger partial charge in [-0.05, 0) is 43.3 Å². The van der Waals surface area contributed by atoms with Gasteiger partial charge in [-0.3, -0.25) is 19.3 Å². The van der Waals surface area contributed by atoms with E-state index in [9.17, 15) is 14.4 Å². The molecule has 1 aliphatic rings. The standard InChI is InChI=1S/C18H21ClN2O5S/c1-5-20(6-2)16(22)10-21-17(23)15(27-18(21)24)8-11-7-13(25-3)14(26-4)9-12(11)19/h7-9H,5-6,10H2,1-4H3/b15-8-. The van der Waals surface area contributed by atoms with Gasteiger partial charge in [-0.25, -0.2) is 0 Å². The Labute approximate surface area is 167 Å². The zero-order valence-electron chi connectivity index (χ0n) is 15.6. The number of carbonyl (C=O) groups is 3. The predicted molar refractivity (Wildman–Crippen MR) is 105 cm³/mol. The molecule has 1 aliphatic heterocycles. The number of likely N-dealkylation sites (N-methyl/N-ethyl adjacent to an activating group) is 1. The second-order valence-electron chi connectivity index (χ2n) is 5.56. The molecule has 1 saturated heterocycles. The number of hydrogen-bond acceptors (Lipinski definition) is 6. The van der Waals surface area contributed by atoms with Gasteiger partial charge in [0.1, 0.15) is 6.54 Å². The summed E-state index contributed by atoms with van der Waals surface area (Å²) in [5.74, 6) is 0.116. The molecule has 0 aliphatic carbocycles. The van der Waals surface area contributed by atoms with E-state index in [0.717, 1.165) is 16.7 Å². The number of rotatable bonds is 7. The molecule has 1 fully saturated rings. The first-order chi connectivity index (χ1) is 12.9. The molecule has 0 unspecified atom stereocenters. The summed E-state index contributed by atoms with van der Waals surface area (Å²) in [6.45, 7) is 4.44. The van der Waals surface area contributed by atoms with E-state index in [1.807, 2.05) is 13.8 Å². The first kappa shape index (κ1) is 21.1. The van der Waals surface area contributed by atoms with Gasteiger partial charge in [-0.1, -0.05) is 11.6 Å². The fourth-order valence-electron chi connectivity index (χ4n) is 2.57. The molecule has 0 atom stereocenters. The van der Waals surface area contributed by atoms with E-state index in [-0.39, 0.29) is 17.4 Å². The van der Waals surface area contributed by atoms with Gasteiger partial charge in [0.25, 0.3) is 11.1 Å². The Bertz CT molecular complexity index is 792. The minimum Gasteiger partial charge on any atom is -0.493 e. The Morgan fingerprint density at radius 1 is 1.19 bits per heavy atom. The largest absolute Gasteiger partial charge is 0.493 e. The maximum Gasteiger partial charge on any atom is 0.294 e. The lowest BCUT2D eigenvalue weighted by Gasteiger charge is -2.21. The van der Waals surface area contributed by atoms with Gasteiger partial charge in [0.15, 0.2) is 11.5 Å². The molecule has 0 bridgehead atoms. The summed E-state index contributed by atoms with van der Waals surface area (Å²) >= 11 is 7.01. The SMILES string of the molecule is CCN(CC)C(=O)CN1C(=O)S/C(=C\c2cc(OC)c(OC)cc2Cl)C1=O. The number of imide groups is 1. The molecule has 0 saturated carbocycles. The molecule has 1 heterocycles. The second kappa shape index (κ2) is 9.14. The minimum atomic E-state index is -0.517. The number of halogens is 1. The highest BCUT2D eigenvalue weighted by atomic mass is 35.5. The van der Waals surface area contributed by atoms with Crippen molar-refractivity contribution in [3.05, 3.63) is 27.6 Å². The number of thioether (sulfide) groups is 1. The van der Waals surface area contributed by atoms with E-state index >= 15 is 0 Å². The zero-order chi connectivity index (χ0) is 20.1. The highest BCUT2D eigenvalue weighted by Crippen LogP contribution is 2.37. The molecule has 7 nitrogen and oxygen atoms in total. The fraction of sp³-hybridized carbons (Fsp3) is 0.389. The molecular weight excluding hydrogens is 392 g/mol. The molecule has 9 heteroatoms. The minimum absolute atomic E-state index is 0.196. The maximum absolute atomic E-state index is 12.6. The van der Waals surface area contributed by atoms with Gasteiger partial charge < -0.3 is 14.4 Å². The zero-order valence-corrected chi connectivity index (χ0v) is 17.1. The van der Waals surface area contributed by atoms with Crippen molar-refractivity contribution < 1.29 is 23.9 Å². The van der Waals surface area contributed by atoms with Crippen molar-refractivity contribution in [2.75, 3.05) is 33.9 Å². The van der Waals surface area contributed by atoms with Crippen molar-refractivity contribution in [1.82, 2.24) is 9.80 Å². The lowest BCUT2D eigenvalue weighted by atomic mass is 10.1. The Balaban J connectivity index is 2.27. The summed E-state index contributed by atoms with van der Waals surface area (Å²) in [7, 11) is 2.98. The van der Waals surface area contributed by atoms with E-state index in [2.05, 4.69) is 0 Å². The maximum atomic E-state index is 12.6. The van der Waals surface area contributed by atoms with Crippen LogP contribution in [0.15, 0.2) is 17.0 Å². The Morgan fingerprint density at radius 3 is 2.33 bits per heavy atom. The first-order valence-electron chi connectivity index (χ1n) is 8.30. The Hall–Kier alpha value is -2.19. The van der Waals surface area contributed by atoms with Crippen LogP contribution in [0.3, 0.4) is 0 Å². The number of nitrogens with zero attached hydrogens (tertiary/aromatic N) is 2. The third-order valence-corrected chi connectivity index (χ3v) is 5.31. The van der Waals surface area contributed by atoms with Crippen molar-refractivity contribution in [2.24, 2.45) is 0 Å². The highest BCUT2D eigenvalue weighted by molar-refractivity contribution is 8.18. The molecule has 1 aromatic rings. The van der Waals surface area contributed by atoms with E-state index in [0.29, 0.717) is 35.2 Å². The van der Waals surface area contributed by atoms with Gasteiger partial charge in [0.2, 0.25) is 5.91 Å². The normalized spacial score (nSPS) is 15.4. The molecular formula is C18H21ClN2O5S. The third kappa shape index (κ3) is 4.56. The molecule has 1 aromatic carbocycles. The monoisotopic (exact) mass is 412 g/mol. The first-order valence-corrected chi connectivity index (χ1v) is 9.50. The topological polar surface area (TPSA) is 76.2 Å². The second-order valence-corrected chi connectivity index (χ2v) is 6.96. The number of carbonyl (C=O) groups excluding carboxylic acids is 3.